The highest BCUT2D eigenvalue weighted by molar-refractivity contribution is 6.00. The van der Waals surface area contributed by atoms with E-state index in [9.17, 15) is 4.79 Å². The molecule has 0 radical (unpaired) electrons. The molecule has 6 heteroatoms. The van der Waals surface area contributed by atoms with Gasteiger partial charge in [0.2, 0.25) is 0 Å². The van der Waals surface area contributed by atoms with Crippen molar-refractivity contribution in [2.45, 2.75) is 6.92 Å². The summed E-state index contributed by atoms with van der Waals surface area (Å²) in [6, 6.07) is 3.13. The molecule has 0 bridgehead atoms. The minimum Gasteiger partial charge on any atom is -0.493 e. The standard InChI is InChI=1S/C13H20N2O4/c1-4-19-6-5-15-13(16)9-7-11(17-2)12(18-3)8-10(9)14/h7-8H,4-6,14H2,1-3H3,(H,15,16). The van der Waals surface area contributed by atoms with Crippen molar-refractivity contribution in [3.63, 3.8) is 0 Å². The number of nitrogens with two attached hydrogens (primary N) is 1. The van der Waals surface area contributed by atoms with Crippen molar-refractivity contribution in [1.82, 2.24) is 5.32 Å². The Balaban J connectivity index is 2.79. The maximum absolute atomic E-state index is 12.0. The molecule has 0 atom stereocenters. The second-order valence-electron chi connectivity index (χ2n) is 3.75. The van der Waals surface area contributed by atoms with E-state index in [1.54, 1.807) is 12.1 Å². The highest BCUT2D eigenvalue weighted by Gasteiger charge is 2.14. The summed E-state index contributed by atoms with van der Waals surface area (Å²) in [5, 5.41) is 2.72. The van der Waals surface area contributed by atoms with E-state index < -0.39 is 0 Å². The number of carbonyl (C=O) groups is 1. The van der Waals surface area contributed by atoms with E-state index in [1.807, 2.05) is 6.92 Å². The van der Waals surface area contributed by atoms with Crippen LogP contribution in [0.25, 0.3) is 0 Å². The number of amides is 1. The Bertz CT molecular complexity index is 435. The van der Waals surface area contributed by atoms with E-state index >= 15 is 0 Å². The van der Waals surface area contributed by atoms with Gasteiger partial charge in [0.05, 0.1) is 26.4 Å². The van der Waals surface area contributed by atoms with Gasteiger partial charge in [-0.2, -0.15) is 0 Å². The first-order valence-electron chi connectivity index (χ1n) is 6.01. The zero-order valence-corrected chi connectivity index (χ0v) is 11.5. The van der Waals surface area contributed by atoms with Gasteiger partial charge in [-0.1, -0.05) is 0 Å². The lowest BCUT2D eigenvalue weighted by Crippen LogP contribution is -2.28. The molecule has 19 heavy (non-hydrogen) atoms. The third-order valence-corrected chi connectivity index (χ3v) is 2.54. The first kappa shape index (κ1) is 15.1. The second kappa shape index (κ2) is 7.48. The topological polar surface area (TPSA) is 82.8 Å². The zero-order valence-electron chi connectivity index (χ0n) is 11.5. The Morgan fingerprint density at radius 3 is 2.47 bits per heavy atom. The van der Waals surface area contributed by atoms with Crippen molar-refractivity contribution < 1.29 is 19.0 Å². The fourth-order valence-electron chi connectivity index (χ4n) is 1.57. The smallest absolute Gasteiger partial charge is 0.253 e. The predicted octanol–water partition coefficient (Wildman–Crippen LogP) is 1.05. The van der Waals surface area contributed by atoms with Crippen LogP contribution in [0.1, 0.15) is 17.3 Å². The molecule has 0 aliphatic carbocycles. The first-order chi connectivity index (χ1) is 9.13. The lowest BCUT2D eigenvalue weighted by molar-refractivity contribution is 0.0923. The van der Waals surface area contributed by atoms with Crippen molar-refractivity contribution in [3.8, 4) is 11.5 Å². The zero-order chi connectivity index (χ0) is 14.3. The summed E-state index contributed by atoms with van der Waals surface area (Å²) in [5.41, 5.74) is 6.52. The van der Waals surface area contributed by atoms with Crippen LogP contribution in [0.15, 0.2) is 12.1 Å². The van der Waals surface area contributed by atoms with E-state index in [4.69, 9.17) is 19.9 Å². The number of hydrogen-bond acceptors (Lipinski definition) is 5. The molecule has 0 heterocycles. The number of ether oxygens (including phenoxy) is 3. The van der Waals surface area contributed by atoms with Crippen LogP contribution in [0, 0.1) is 0 Å². The van der Waals surface area contributed by atoms with Gasteiger partial charge in [0.15, 0.2) is 11.5 Å². The third-order valence-electron chi connectivity index (χ3n) is 2.54. The number of carbonyl (C=O) groups excluding carboxylic acids is 1. The molecule has 0 unspecified atom stereocenters. The Hall–Kier alpha value is -1.95. The highest BCUT2D eigenvalue weighted by Crippen LogP contribution is 2.31. The summed E-state index contributed by atoms with van der Waals surface area (Å²) in [6.45, 7) is 3.42. The fourth-order valence-corrected chi connectivity index (χ4v) is 1.57. The van der Waals surface area contributed by atoms with Crippen LogP contribution < -0.4 is 20.5 Å². The number of methoxy groups -OCH3 is 2. The average molecular weight is 268 g/mol. The monoisotopic (exact) mass is 268 g/mol. The van der Waals surface area contributed by atoms with Crippen LogP contribution in [0.2, 0.25) is 0 Å². The Labute approximate surface area is 112 Å². The molecule has 1 aromatic rings. The number of nitrogen functional groups attached to an aromatic ring is 1. The van der Waals surface area contributed by atoms with Gasteiger partial charge in [-0.25, -0.2) is 0 Å². The molecule has 0 fully saturated rings. The van der Waals surface area contributed by atoms with Gasteiger partial charge in [-0.15, -0.1) is 0 Å². The van der Waals surface area contributed by atoms with E-state index in [1.165, 1.54) is 14.2 Å². The Morgan fingerprint density at radius 1 is 1.26 bits per heavy atom. The largest absolute Gasteiger partial charge is 0.493 e. The normalized spacial score (nSPS) is 10.1. The van der Waals surface area contributed by atoms with Gasteiger partial charge in [0, 0.05) is 24.9 Å². The molecule has 3 N–H and O–H groups in total. The first-order valence-corrected chi connectivity index (χ1v) is 6.01. The van der Waals surface area contributed by atoms with Crippen LogP contribution in [-0.2, 0) is 4.74 Å². The third kappa shape index (κ3) is 4.03. The minimum atomic E-state index is -0.266. The van der Waals surface area contributed by atoms with Gasteiger partial charge >= 0.3 is 0 Å². The lowest BCUT2D eigenvalue weighted by atomic mass is 10.1. The van der Waals surface area contributed by atoms with Crippen molar-refractivity contribution in [2.24, 2.45) is 0 Å². The van der Waals surface area contributed by atoms with Crippen LogP contribution in [0.3, 0.4) is 0 Å². The van der Waals surface area contributed by atoms with Crippen molar-refractivity contribution in [2.75, 3.05) is 39.7 Å². The average Bonchev–Trinajstić information content (AvgIpc) is 2.42. The Morgan fingerprint density at radius 2 is 1.89 bits per heavy atom. The van der Waals surface area contributed by atoms with Gasteiger partial charge < -0.3 is 25.3 Å². The SMILES string of the molecule is CCOCCNC(=O)c1cc(OC)c(OC)cc1N. The lowest BCUT2D eigenvalue weighted by Gasteiger charge is -2.12. The fraction of sp³-hybridized carbons (Fsp3) is 0.462. The molecule has 106 valence electrons. The summed E-state index contributed by atoms with van der Waals surface area (Å²) in [6.07, 6.45) is 0. The molecular formula is C13H20N2O4. The second-order valence-corrected chi connectivity index (χ2v) is 3.75. The predicted molar refractivity (Wildman–Crippen MR) is 72.8 cm³/mol. The molecule has 0 spiro atoms. The number of nitrogens with one attached hydrogen (secondary N) is 1. The molecule has 1 rings (SSSR count). The summed E-state index contributed by atoms with van der Waals surface area (Å²) in [5.74, 6) is 0.690. The minimum absolute atomic E-state index is 0.266. The Kier molecular flexibility index (Phi) is 5.95. The van der Waals surface area contributed by atoms with E-state index in [0.29, 0.717) is 42.5 Å². The van der Waals surface area contributed by atoms with Crippen molar-refractivity contribution in [3.05, 3.63) is 17.7 Å². The van der Waals surface area contributed by atoms with Crippen molar-refractivity contribution in [1.29, 1.82) is 0 Å². The van der Waals surface area contributed by atoms with Crippen LogP contribution in [0.4, 0.5) is 5.69 Å². The maximum Gasteiger partial charge on any atom is 0.253 e. The van der Waals surface area contributed by atoms with E-state index in [0.717, 1.165) is 0 Å². The molecule has 1 aromatic carbocycles. The molecule has 0 aromatic heterocycles. The van der Waals surface area contributed by atoms with Crippen molar-refractivity contribution >= 4 is 11.6 Å². The summed E-state index contributed by atoms with van der Waals surface area (Å²) >= 11 is 0. The van der Waals surface area contributed by atoms with Gasteiger partial charge in [0.25, 0.3) is 5.91 Å². The number of rotatable bonds is 7. The molecular weight excluding hydrogens is 248 g/mol. The van der Waals surface area contributed by atoms with Crippen LogP contribution in [-0.4, -0.2) is 39.9 Å². The molecule has 0 aliphatic heterocycles. The molecule has 0 saturated carbocycles. The van der Waals surface area contributed by atoms with Crippen LogP contribution in [0.5, 0.6) is 11.5 Å². The van der Waals surface area contributed by atoms with E-state index in [-0.39, 0.29) is 5.91 Å². The van der Waals surface area contributed by atoms with Gasteiger partial charge in [0.1, 0.15) is 0 Å². The maximum atomic E-state index is 12.0. The van der Waals surface area contributed by atoms with E-state index in [2.05, 4.69) is 5.32 Å². The molecule has 0 saturated heterocycles. The van der Waals surface area contributed by atoms with Gasteiger partial charge in [-0.3, -0.25) is 4.79 Å². The quantitative estimate of drug-likeness (QED) is 0.570. The van der Waals surface area contributed by atoms with Gasteiger partial charge in [-0.05, 0) is 13.0 Å². The molecule has 0 aliphatic rings. The summed E-state index contributed by atoms with van der Waals surface area (Å²) in [7, 11) is 3.02. The summed E-state index contributed by atoms with van der Waals surface area (Å²) < 4.78 is 15.4. The number of hydrogen-bond donors (Lipinski definition) is 2. The summed E-state index contributed by atoms with van der Waals surface area (Å²) in [4.78, 5) is 12.0. The van der Waals surface area contributed by atoms with Crippen LogP contribution >= 0.6 is 0 Å². The molecule has 1 amide bonds. The number of anilines is 1. The highest BCUT2D eigenvalue weighted by atomic mass is 16.5. The number of benzene rings is 1. The molecule has 6 nitrogen and oxygen atoms in total.